The van der Waals surface area contributed by atoms with E-state index in [9.17, 15) is 13.6 Å². The van der Waals surface area contributed by atoms with E-state index < -0.39 is 18.3 Å². The molecule has 1 heterocycles. The first-order chi connectivity index (χ1) is 8.40. The van der Waals surface area contributed by atoms with Crippen LogP contribution in [0.5, 0.6) is 11.5 Å². The highest BCUT2D eigenvalue weighted by molar-refractivity contribution is 5.68. The van der Waals surface area contributed by atoms with E-state index in [0.717, 1.165) is 6.07 Å². The van der Waals surface area contributed by atoms with E-state index in [0.29, 0.717) is 19.0 Å². The molecule has 1 aliphatic heterocycles. The Morgan fingerprint density at radius 3 is 2.44 bits per heavy atom. The second-order valence-corrected chi connectivity index (χ2v) is 4.09. The van der Waals surface area contributed by atoms with Crippen molar-refractivity contribution >= 4 is 5.97 Å². The molecule has 4 nitrogen and oxygen atoms in total. The third kappa shape index (κ3) is 2.37. The number of hydrogen-bond acceptors (Lipinski definition) is 3. The maximum absolute atomic E-state index is 13.8. The van der Waals surface area contributed by atoms with Gasteiger partial charge in [0.25, 0.3) is 5.92 Å². The van der Waals surface area contributed by atoms with E-state index >= 15 is 0 Å². The first-order valence-electron chi connectivity index (χ1n) is 5.40. The molecular formula is C12H12F2O4. The summed E-state index contributed by atoms with van der Waals surface area (Å²) in [6.45, 7) is 2.15. The Morgan fingerprint density at radius 2 is 1.89 bits per heavy atom. The number of alkyl halides is 2. The SMILES string of the molecule is Cc1cc2c(cc1C(F)(F)CC(=O)O)OCCO2. The van der Waals surface area contributed by atoms with Crippen LogP contribution < -0.4 is 9.47 Å². The van der Waals surface area contributed by atoms with Gasteiger partial charge in [0, 0.05) is 5.56 Å². The number of aliphatic carboxylic acids is 1. The molecule has 0 bridgehead atoms. The zero-order valence-electron chi connectivity index (χ0n) is 9.70. The van der Waals surface area contributed by atoms with Crippen LogP contribution >= 0.6 is 0 Å². The van der Waals surface area contributed by atoms with Gasteiger partial charge in [-0.1, -0.05) is 0 Å². The van der Waals surface area contributed by atoms with E-state index in [1.54, 1.807) is 0 Å². The summed E-state index contributed by atoms with van der Waals surface area (Å²) < 4.78 is 38.0. The molecule has 0 fully saturated rings. The zero-order chi connectivity index (χ0) is 13.3. The van der Waals surface area contributed by atoms with Gasteiger partial charge in [0.2, 0.25) is 0 Å². The van der Waals surface area contributed by atoms with Crippen LogP contribution in [0.15, 0.2) is 12.1 Å². The molecule has 0 saturated heterocycles. The van der Waals surface area contributed by atoms with Gasteiger partial charge in [-0.3, -0.25) is 4.79 Å². The molecule has 1 aromatic rings. The van der Waals surface area contributed by atoms with Crippen LogP contribution in [0, 0.1) is 6.92 Å². The lowest BCUT2D eigenvalue weighted by atomic mass is 9.99. The first-order valence-corrected chi connectivity index (χ1v) is 5.40. The average Bonchev–Trinajstić information content (AvgIpc) is 2.26. The Labute approximate surface area is 102 Å². The van der Waals surface area contributed by atoms with Crippen molar-refractivity contribution in [1.29, 1.82) is 0 Å². The van der Waals surface area contributed by atoms with Gasteiger partial charge in [0.15, 0.2) is 11.5 Å². The standard InChI is InChI=1S/C12H12F2O4/c1-7-4-9-10(18-3-2-17-9)5-8(7)12(13,14)6-11(15)16/h4-5H,2-3,6H2,1H3,(H,15,16). The second-order valence-electron chi connectivity index (χ2n) is 4.09. The summed E-state index contributed by atoms with van der Waals surface area (Å²) in [5.41, 5.74) is -0.0559. The Kier molecular flexibility index (Phi) is 3.11. The molecule has 0 radical (unpaired) electrons. The Morgan fingerprint density at radius 1 is 1.33 bits per heavy atom. The highest BCUT2D eigenvalue weighted by atomic mass is 19.3. The Bertz CT molecular complexity index is 485. The predicted molar refractivity (Wildman–Crippen MR) is 58.3 cm³/mol. The number of fused-ring (bicyclic) bond motifs is 1. The lowest BCUT2D eigenvalue weighted by Gasteiger charge is -2.23. The molecule has 0 amide bonds. The average molecular weight is 258 g/mol. The summed E-state index contributed by atoms with van der Waals surface area (Å²) in [7, 11) is 0. The molecule has 1 N–H and O–H groups in total. The van der Waals surface area contributed by atoms with E-state index in [1.165, 1.54) is 13.0 Å². The van der Waals surface area contributed by atoms with Crippen molar-refractivity contribution in [2.75, 3.05) is 13.2 Å². The van der Waals surface area contributed by atoms with Gasteiger partial charge < -0.3 is 14.6 Å². The van der Waals surface area contributed by atoms with Gasteiger partial charge in [0.1, 0.15) is 19.6 Å². The molecule has 0 spiro atoms. The fourth-order valence-corrected chi connectivity index (χ4v) is 1.87. The first kappa shape index (κ1) is 12.6. The molecule has 2 rings (SSSR count). The van der Waals surface area contributed by atoms with Crippen molar-refractivity contribution in [3.63, 3.8) is 0 Å². The summed E-state index contributed by atoms with van der Waals surface area (Å²) in [4.78, 5) is 10.5. The summed E-state index contributed by atoms with van der Waals surface area (Å²) in [5, 5.41) is 8.50. The number of benzene rings is 1. The third-order valence-corrected chi connectivity index (χ3v) is 2.66. The molecule has 0 aliphatic carbocycles. The fraction of sp³-hybridized carbons (Fsp3) is 0.417. The van der Waals surface area contributed by atoms with Crippen LogP contribution in [-0.4, -0.2) is 24.3 Å². The van der Waals surface area contributed by atoms with Crippen molar-refractivity contribution in [1.82, 2.24) is 0 Å². The number of carbonyl (C=O) groups is 1. The molecular weight excluding hydrogens is 246 g/mol. The van der Waals surface area contributed by atoms with Crippen LogP contribution in [0.25, 0.3) is 0 Å². The van der Waals surface area contributed by atoms with E-state index in [1.807, 2.05) is 0 Å². The Hall–Kier alpha value is -1.85. The smallest absolute Gasteiger partial charge is 0.309 e. The molecule has 1 aliphatic rings. The Balaban J connectivity index is 2.41. The molecule has 6 heteroatoms. The number of halogens is 2. The number of aryl methyl sites for hydroxylation is 1. The van der Waals surface area contributed by atoms with E-state index in [-0.39, 0.29) is 16.9 Å². The van der Waals surface area contributed by atoms with Gasteiger partial charge in [-0.2, -0.15) is 0 Å². The highest BCUT2D eigenvalue weighted by Crippen LogP contribution is 2.40. The van der Waals surface area contributed by atoms with Crippen molar-refractivity contribution < 1.29 is 28.2 Å². The fourth-order valence-electron chi connectivity index (χ4n) is 1.87. The molecule has 0 aromatic heterocycles. The normalized spacial score (nSPS) is 14.4. The van der Waals surface area contributed by atoms with E-state index in [4.69, 9.17) is 14.6 Å². The van der Waals surface area contributed by atoms with Crippen molar-refractivity contribution in [3.05, 3.63) is 23.3 Å². The van der Waals surface area contributed by atoms with Crippen LogP contribution in [0.2, 0.25) is 0 Å². The molecule has 1 aromatic carbocycles. The van der Waals surface area contributed by atoms with Crippen LogP contribution in [-0.2, 0) is 10.7 Å². The second kappa shape index (κ2) is 4.44. The van der Waals surface area contributed by atoms with Crippen LogP contribution in [0.3, 0.4) is 0 Å². The zero-order valence-corrected chi connectivity index (χ0v) is 9.70. The summed E-state index contributed by atoms with van der Waals surface area (Å²) in [6, 6.07) is 2.60. The maximum Gasteiger partial charge on any atom is 0.309 e. The summed E-state index contributed by atoms with van der Waals surface area (Å²) in [5.74, 6) is -4.33. The number of hydrogen-bond donors (Lipinski definition) is 1. The minimum absolute atomic E-state index is 0.229. The largest absolute Gasteiger partial charge is 0.486 e. The van der Waals surface area contributed by atoms with Crippen LogP contribution in [0.4, 0.5) is 8.78 Å². The quantitative estimate of drug-likeness (QED) is 0.904. The molecule has 0 unspecified atom stereocenters. The topological polar surface area (TPSA) is 55.8 Å². The lowest BCUT2D eigenvalue weighted by molar-refractivity contribution is -0.145. The van der Waals surface area contributed by atoms with Crippen molar-refractivity contribution in [2.45, 2.75) is 19.3 Å². The maximum atomic E-state index is 13.8. The van der Waals surface area contributed by atoms with Crippen molar-refractivity contribution in [3.8, 4) is 11.5 Å². The highest BCUT2D eigenvalue weighted by Gasteiger charge is 2.37. The minimum atomic E-state index is -3.42. The summed E-state index contributed by atoms with van der Waals surface area (Å²) >= 11 is 0. The van der Waals surface area contributed by atoms with Crippen LogP contribution in [0.1, 0.15) is 17.5 Å². The van der Waals surface area contributed by atoms with Gasteiger partial charge in [-0.15, -0.1) is 0 Å². The molecule has 0 saturated carbocycles. The minimum Gasteiger partial charge on any atom is -0.486 e. The van der Waals surface area contributed by atoms with E-state index in [2.05, 4.69) is 0 Å². The third-order valence-electron chi connectivity index (χ3n) is 2.66. The molecule has 0 atom stereocenters. The number of carboxylic acid groups (broad SMARTS) is 1. The summed E-state index contributed by atoms with van der Waals surface area (Å²) in [6.07, 6.45) is -1.24. The van der Waals surface area contributed by atoms with Gasteiger partial charge >= 0.3 is 5.97 Å². The number of rotatable bonds is 3. The van der Waals surface area contributed by atoms with Gasteiger partial charge in [-0.05, 0) is 24.6 Å². The van der Waals surface area contributed by atoms with Gasteiger partial charge in [0.05, 0.1) is 0 Å². The predicted octanol–water partition coefficient (Wildman–Crippen LogP) is 2.33. The monoisotopic (exact) mass is 258 g/mol. The molecule has 18 heavy (non-hydrogen) atoms. The number of ether oxygens (including phenoxy) is 2. The lowest BCUT2D eigenvalue weighted by Crippen LogP contribution is -2.21. The number of carboxylic acids is 1. The van der Waals surface area contributed by atoms with Crippen molar-refractivity contribution in [2.24, 2.45) is 0 Å². The van der Waals surface area contributed by atoms with Gasteiger partial charge in [-0.25, -0.2) is 8.78 Å². The molecule has 98 valence electrons.